The van der Waals surface area contributed by atoms with Crippen molar-refractivity contribution in [2.45, 2.75) is 51.6 Å². The lowest BCUT2D eigenvalue weighted by molar-refractivity contribution is -0.156. The monoisotopic (exact) mass is 194 g/mol. The molecule has 1 aliphatic heterocycles. The molecule has 2 aliphatic carbocycles. The summed E-state index contributed by atoms with van der Waals surface area (Å²) in [6.07, 6.45) is 7.26. The fraction of sp³-hybridized carbons (Fsp3) is 0.917. The highest BCUT2D eigenvalue weighted by Gasteiger charge is 2.46. The minimum absolute atomic E-state index is 0.100. The molecule has 0 aromatic heterocycles. The maximum Gasteiger partial charge on any atom is 0.309 e. The van der Waals surface area contributed by atoms with Crippen LogP contribution < -0.4 is 0 Å². The molecule has 1 saturated heterocycles. The molecular weight excluding hydrogens is 176 g/mol. The van der Waals surface area contributed by atoms with Crippen LogP contribution in [0.15, 0.2) is 0 Å². The summed E-state index contributed by atoms with van der Waals surface area (Å²) in [5.74, 6) is 1.09. The molecule has 2 heteroatoms. The summed E-state index contributed by atoms with van der Waals surface area (Å²) >= 11 is 0. The molecule has 3 fully saturated rings. The van der Waals surface area contributed by atoms with E-state index in [0.29, 0.717) is 5.41 Å². The normalized spacial score (nSPS) is 51.2. The minimum atomic E-state index is 0.100. The number of rotatable bonds is 0. The van der Waals surface area contributed by atoms with E-state index in [9.17, 15) is 4.79 Å². The molecule has 1 heterocycles. The predicted molar refractivity (Wildman–Crippen MR) is 52.7 cm³/mol. The van der Waals surface area contributed by atoms with E-state index in [0.717, 1.165) is 31.6 Å². The van der Waals surface area contributed by atoms with Crippen LogP contribution in [0.4, 0.5) is 0 Å². The van der Waals surface area contributed by atoms with Gasteiger partial charge in [0.1, 0.15) is 6.10 Å². The summed E-state index contributed by atoms with van der Waals surface area (Å²) in [4.78, 5) is 11.7. The van der Waals surface area contributed by atoms with Gasteiger partial charge in [-0.2, -0.15) is 0 Å². The van der Waals surface area contributed by atoms with Gasteiger partial charge in [0.05, 0.1) is 5.92 Å². The van der Waals surface area contributed by atoms with E-state index in [2.05, 4.69) is 6.92 Å². The molecule has 78 valence electrons. The summed E-state index contributed by atoms with van der Waals surface area (Å²) in [5, 5.41) is 0. The fourth-order valence-corrected chi connectivity index (χ4v) is 3.87. The number of carbonyl (C=O) groups is 1. The highest BCUT2D eigenvalue weighted by Crippen LogP contribution is 2.51. The number of ether oxygens (including phenoxy) is 1. The van der Waals surface area contributed by atoms with E-state index in [-0.39, 0.29) is 18.0 Å². The molecule has 14 heavy (non-hydrogen) atoms. The third-order valence-corrected chi connectivity index (χ3v) is 4.42. The van der Waals surface area contributed by atoms with Crippen LogP contribution >= 0.6 is 0 Å². The number of carbonyl (C=O) groups excluding carboxylic acids is 1. The summed E-state index contributed by atoms with van der Waals surface area (Å²) in [6.45, 7) is 2.37. The molecule has 0 spiro atoms. The van der Waals surface area contributed by atoms with Crippen LogP contribution in [0.5, 0.6) is 0 Å². The van der Waals surface area contributed by atoms with Crippen LogP contribution in [-0.4, -0.2) is 12.1 Å². The second-order valence-corrected chi connectivity index (χ2v) is 5.85. The maximum absolute atomic E-state index is 11.7. The standard InChI is InChI=1S/C12H18O2/c1-12-3-2-10-5-8(6-12)4-9(7-12)11(13)14-10/h8-10H,2-7H2,1H3. The largest absolute Gasteiger partial charge is 0.462 e. The molecule has 2 saturated carbocycles. The quantitative estimate of drug-likeness (QED) is 0.554. The van der Waals surface area contributed by atoms with Crippen molar-refractivity contribution < 1.29 is 9.53 Å². The fourth-order valence-electron chi connectivity index (χ4n) is 3.87. The van der Waals surface area contributed by atoms with Gasteiger partial charge in [0, 0.05) is 0 Å². The third kappa shape index (κ3) is 1.27. The van der Waals surface area contributed by atoms with E-state index >= 15 is 0 Å². The van der Waals surface area contributed by atoms with Gasteiger partial charge in [-0.05, 0) is 49.9 Å². The summed E-state index contributed by atoms with van der Waals surface area (Å²) < 4.78 is 5.52. The Bertz CT molecular complexity index is 273. The average molecular weight is 194 g/mol. The van der Waals surface area contributed by atoms with Gasteiger partial charge in [0.15, 0.2) is 0 Å². The Balaban J connectivity index is 1.98. The van der Waals surface area contributed by atoms with Gasteiger partial charge >= 0.3 is 5.97 Å². The Kier molecular flexibility index (Phi) is 1.71. The van der Waals surface area contributed by atoms with E-state index in [4.69, 9.17) is 4.74 Å². The first-order valence-corrected chi connectivity index (χ1v) is 5.85. The summed E-state index contributed by atoms with van der Waals surface area (Å²) in [6, 6.07) is 0. The van der Waals surface area contributed by atoms with Crippen LogP contribution in [0.25, 0.3) is 0 Å². The van der Waals surface area contributed by atoms with Crippen LogP contribution in [0.3, 0.4) is 0 Å². The average Bonchev–Trinajstić information content (AvgIpc) is 2.28. The second-order valence-electron chi connectivity index (χ2n) is 5.85. The van der Waals surface area contributed by atoms with Gasteiger partial charge in [0.25, 0.3) is 0 Å². The maximum atomic E-state index is 11.7. The van der Waals surface area contributed by atoms with Crippen molar-refractivity contribution in [3.05, 3.63) is 0 Å². The van der Waals surface area contributed by atoms with Crippen molar-refractivity contribution in [2.75, 3.05) is 0 Å². The molecule has 3 aliphatic rings. The van der Waals surface area contributed by atoms with Gasteiger partial charge < -0.3 is 4.74 Å². The SMILES string of the molecule is CC12CCC3CC(CC(C1)C(=O)O3)C2. The van der Waals surface area contributed by atoms with Gasteiger partial charge in [-0.3, -0.25) is 4.79 Å². The molecule has 0 amide bonds. The second kappa shape index (κ2) is 2.74. The van der Waals surface area contributed by atoms with E-state index < -0.39 is 0 Å². The molecule has 0 N–H and O–H groups in total. The number of hydrogen-bond acceptors (Lipinski definition) is 2. The highest BCUT2D eigenvalue weighted by atomic mass is 16.5. The summed E-state index contributed by atoms with van der Waals surface area (Å²) in [5.41, 5.74) is 0.446. The molecule has 0 aromatic rings. The zero-order valence-corrected chi connectivity index (χ0v) is 8.79. The van der Waals surface area contributed by atoms with Crippen molar-refractivity contribution in [1.29, 1.82) is 0 Å². The Morgan fingerprint density at radius 3 is 3.07 bits per heavy atom. The highest BCUT2D eigenvalue weighted by molar-refractivity contribution is 5.73. The number of fused-ring (bicyclic) bond motifs is 3. The Labute approximate surface area is 85.0 Å². The van der Waals surface area contributed by atoms with Gasteiger partial charge in [-0.25, -0.2) is 0 Å². The Hall–Kier alpha value is -0.530. The van der Waals surface area contributed by atoms with Gasteiger partial charge in [-0.15, -0.1) is 0 Å². The minimum Gasteiger partial charge on any atom is -0.462 e. The van der Waals surface area contributed by atoms with E-state index in [1.54, 1.807) is 0 Å². The van der Waals surface area contributed by atoms with Crippen LogP contribution in [0.2, 0.25) is 0 Å². The van der Waals surface area contributed by atoms with Crippen molar-refractivity contribution >= 4 is 5.97 Å². The molecule has 2 nitrogen and oxygen atoms in total. The molecule has 4 unspecified atom stereocenters. The molecular formula is C12H18O2. The van der Waals surface area contributed by atoms with Crippen LogP contribution in [0, 0.1) is 17.3 Å². The van der Waals surface area contributed by atoms with E-state index in [1.165, 1.54) is 12.8 Å². The van der Waals surface area contributed by atoms with Crippen LogP contribution in [0.1, 0.15) is 45.4 Å². The lowest BCUT2D eigenvalue weighted by Crippen LogP contribution is -2.34. The van der Waals surface area contributed by atoms with Crippen molar-refractivity contribution in [1.82, 2.24) is 0 Å². The topological polar surface area (TPSA) is 26.3 Å². The Morgan fingerprint density at radius 2 is 2.21 bits per heavy atom. The molecule has 3 rings (SSSR count). The van der Waals surface area contributed by atoms with Crippen LogP contribution in [-0.2, 0) is 9.53 Å². The van der Waals surface area contributed by atoms with Crippen molar-refractivity contribution in [3.63, 3.8) is 0 Å². The molecule has 0 radical (unpaired) electrons. The third-order valence-electron chi connectivity index (χ3n) is 4.42. The molecule has 4 bridgehead atoms. The number of hydrogen-bond donors (Lipinski definition) is 0. The molecule has 4 atom stereocenters. The predicted octanol–water partition coefficient (Wildman–Crippen LogP) is 2.52. The lowest BCUT2D eigenvalue weighted by atomic mass is 9.66. The smallest absolute Gasteiger partial charge is 0.309 e. The zero-order valence-electron chi connectivity index (χ0n) is 8.79. The first-order valence-electron chi connectivity index (χ1n) is 5.85. The number of esters is 1. The van der Waals surface area contributed by atoms with Gasteiger partial charge in [0.2, 0.25) is 0 Å². The first-order chi connectivity index (χ1) is 6.65. The van der Waals surface area contributed by atoms with Crippen molar-refractivity contribution in [2.24, 2.45) is 17.3 Å². The lowest BCUT2D eigenvalue weighted by Gasteiger charge is -2.39. The first kappa shape index (κ1) is 8.75. The van der Waals surface area contributed by atoms with Crippen molar-refractivity contribution in [3.8, 4) is 0 Å². The molecule has 0 aromatic carbocycles. The van der Waals surface area contributed by atoms with E-state index in [1.807, 2.05) is 0 Å². The van der Waals surface area contributed by atoms with Gasteiger partial charge in [-0.1, -0.05) is 6.92 Å². The zero-order chi connectivity index (χ0) is 9.76. The summed E-state index contributed by atoms with van der Waals surface area (Å²) in [7, 11) is 0. The Morgan fingerprint density at radius 1 is 1.36 bits per heavy atom.